The SMILES string of the molecule is COC(CC(CCOS(=O)(=O)O)OS(=O)(=O)O)CC(CCOS(=O)(=O)O)OS(=O)(=O)O. The van der Waals surface area contributed by atoms with Crippen LogP contribution in [0.15, 0.2) is 0 Å². The zero-order chi connectivity index (χ0) is 24.5. The maximum atomic E-state index is 11.0. The Kier molecular flexibility index (Phi) is 12.4. The van der Waals surface area contributed by atoms with Crippen LogP contribution in [0.25, 0.3) is 0 Å². The van der Waals surface area contributed by atoms with Crippen molar-refractivity contribution in [3.63, 3.8) is 0 Å². The second kappa shape index (κ2) is 12.6. The van der Waals surface area contributed by atoms with Crippen LogP contribution in [0.5, 0.6) is 0 Å². The van der Waals surface area contributed by atoms with Gasteiger partial charge in [-0.25, -0.2) is 16.7 Å². The first kappa shape index (κ1) is 30.4. The molecule has 21 heteroatoms. The van der Waals surface area contributed by atoms with Crippen LogP contribution in [0.1, 0.15) is 25.7 Å². The average molecular weight is 543 g/mol. The lowest BCUT2D eigenvalue weighted by Gasteiger charge is -2.24. The lowest BCUT2D eigenvalue weighted by molar-refractivity contribution is 0.0124. The van der Waals surface area contributed by atoms with Crippen LogP contribution in [0, 0.1) is 0 Å². The minimum atomic E-state index is -5.04. The van der Waals surface area contributed by atoms with Gasteiger partial charge in [-0.1, -0.05) is 0 Å². The Morgan fingerprint density at radius 3 is 1.13 bits per heavy atom. The molecule has 0 radical (unpaired) electrons. The molecule has 0 heterocycles. The molecule has 0 aromatic rings. The lowest BCUT2D eigenvalue weighted by Crippen LogP contribution is -2.31. The van der Waals surface area contributed by atoms with Gasteiger partial charge in [0.1, 0.15) is 0 Å². The summed E-state index contributed by atoms with van der Waals surface area (Å²) in [5.41, 5.74) is 0. The van der Waals surface area contributed by atoms with E-state index in [0.717, 1.165) is 7.11 Å². The van der Waals surface area contributed by atoms with Gasteiger partial charge in [-0.15, -0.1) is 0 Å². The summed E-state index contributed by atoms with van der Waals surface area (Å²) >= 11 is 0. The van der Waals surface area contributed by atoms with E-state index in [1.54, 1.807) is 0 Å². The van der Waals surface area contributed by atoms with Crippen molar-refractivity contribution in [1.29, 1.82) is 0 Å². The Morgan fingerprint density at radius 2 is 0.903 bits per heavy atom. The van der Waals surface area contributed by atoms with Gasteiger partial charge in [-0.3, -0.25) is 18.2 Å². The molecule has 0 aliphatic rings. The van der Waals surface area contributed by atoms with Gasteiger partial charge in [0.05, 0.1) is 31.5 Å². The quantitative estimate of drug-likeness (QED) is 0.153. The van der Waals surface area contributed by atoms with Crippen LogP contribution < -0.4 is 0 Å². The maximum Gasteiger partial charge on any atom is 0.397 e. The van der Waals surface area contributed by atoms with E-state index in [1.807, 2.05) is 0 Å². The largest absolute Gasteiger partial charge is 0.397 e. The van der Waals surface area contributed by atoms with E-state index in [9.17, 15) is 33.7 Å². The van der Waals surface area contributed by atoms with E-state index in [0.29, 0.717) is 0 Å². The second-order valence-corrected chi connectivity index (χ2v) is 9.98. The van der Waals surface area contributed by atoms with Crippen LogP contribution in [0.4, 0.5) is 0 Å². The molecule has 17 nitrogen and oxygen atoms in total. The summed E-state index contributed by atoms with van der Waals surface area (Å²) in [6.45, 7) is -1.55. The molecule has 0 saturated carbocycles. The summed E-state index contributed by atoms with van der Waals surface area (Å²) in [4.78, 5) is 0. The summed E-state index contributed by atoms with van der Waals surface area (Å²) in [6, 6.07) is 0. The van der Waals surface area contributed by atoms with Crippen LogP contribution in [0.2, 0.25) is 0 Å². The third-order valence-corrected chi connectivity index (χ3v) is 5.20. The number of methoxy groups -OCH3 is 1. The molecule has 0 bridgehead atoms. The molecule has 0 aromatic carbocycles. The van der Waals surface area contributed by atoms with Gasteiger partial charge in [0.25, 0.3) is 0 Å². The van der Waals surface area contributed by atoms with Crippen molar-refractivity contribution in [2.24, 2.45) is 0 Å². The molecule has 2 atom stereocenters. The van der Waals surface area contributed by atoms with Crippen LogP contribution in [-0.2, 0) is 63.1 Å². The average Bonchev–Trinajstić information content (AvgIpc) is 2.48. The van der Waals surface area contributed by atoms with Crippen molar-refractivity contribution in [3.8, 4) is 0 Å². The van der Waals surface area contributed by atoms with E-state index >= 15 is 0 Å². The summed E-state index contributed by atoms with van der Waals surface area (Å²) in [7, 11) is -18.7. The van der Waals surface area contributed by atoms with Crippen molar-refractivity contribution in [2.45, 2.75) is 44.0 Å². The van der Waals surface area contributed by atoms with Gasteiger partial charge < -0.3 is 4.74 Å². The summed E-state index contributed by atoms with van der Waals surface area (Å²) < 4.78 is 142. The molecule has 0 spiro atoms. The first-order valence-corrected chi connectivity index (χ1v) is 13.3. The molecule has 0 fully saturated rings. The normalized spacial score (nSPS) is 16.7. The maximum absolute atomic E-state index is 11.0. The highest BCUT2D eigenvalue weighted by molar-refractivity contribution is 7.81. The number of ether oxygens (including phenoxy) is 1. The van der Waals surface area contributed by atoms with Gasteiger partial charge >= 0.3 is 41.6 Å². The number of hydrogen-bond donors (Lipinski definition) is 4. The zero-order valence-corrected chi connectivity index (χ0v) is 19.0. The second-order valence-electron chi connectivity index (χ2n) is 5.70. The van der Waals surface area contributed by atoms with Gasteiger partial charge in [-0.2, -0.15) is 33.7 Å². The molecule has 0 aliphatic heterocycles. The molecule has 0 rings (SSSR count). The highest BCUT2D eigenvalue weighted by Gasteiger charge is 2.27. The monoisotopic (exact) mass is 542 g/mol. The van der Waals surface area contributed by atoms with Crippen molar-refractivity contribution in [1.82, 2.24) is 0 Å². The van der Waals surface area contributed by atoms with Gasteiger partial charge in [-0.05, 0) is 0 Å². The highest BCUT2D eigenvalue weighted by atomic mass is 32.3. The first-order chi connectivity index (χ1) is 13.8. The Morgan fingerprint density at radius 1 is 0.581 bits per heavy atom. The van der Waals surface area contributed by atoms with Crippen molar-refractivity contribution >= 4 is 41.6 Å². The van der Waals surface area contributed by atoms with Crippen molar-refractivity contribution < 1.29 is 73.4 Å². The van der Waals surface area contributed by atoms with Crippen LogP contribution in [-0.4, -0.2) is 90.5 Å². The Labute approximate surface area is 179 Å². The van der Waals surface area contributed by atoms with E-state index in [4.69, 9.17) is 22.9 Å². The molecule has 0 aromatic heterocycles. The highest BCUT2D eigenvalue weighted by Crippen LogP contribution is 2.20. The fraction of sp³-hybridized carbons (Fsp3) is 1.00. The molecule has 31 heavy (non-hydrogen) atoms. The third kappa shape index (κ3) is 19.8. The summed E-state index contributed by atoms with van der Waals surface area (Å²) in [5, 5.41) is 0. The molecular weight excluding hydrogens is 520 g/mol. The predicted molar refractivity (Wildman–Crippen MR) is 97.1 cm³/mol. The molecule has 188 valence electrons. The van der Waals surface area contributed by atoms with Crippen molar-refractivity contribution in [3.05, 3.63) is 0 Å². The van der Waals surface area contributed by atoms with E-state index in [1.165, 1.54) is 0 Å². The molecular formula is C10H22O17S4. The zero-order valence-electron chi connectivity index (χ0n) is 15.7. The van der Waals surface area contributed by atoms with Gasteiger partial charge in [0.2, 0.25) is 0 Å². The fourth-order valence-corrected chi connectivity index (χ4v) is 3.85. The minimum absolute atomic E-state index is 0.449. The van der Waals surface area contributed by atoms with Crippen molar-refractivity contribution in [2.75, 3.05) is 20.3 Å². The number of rotatable bonds is 17. The summed E-state index contributed by atoms with van der Waals surface area (Å²) in [5.74, 6) is 0. The smallest absolute Gasteiger partial charge is 0.381 e. The Balaban J connectivity index is 5.26. The van der Waals surface area contributed by atoms with Gasteiger partial charge in [0, 0.05) is 32.8 Å². The van der Waals surface area contributed by atoms with E-state index in [2.05, 4.69) is 16.7 Å². The van der Waals surface area contributed by atoms with Gasteiger partial charge in [0.15, 0.2) is 0 Å². The van der Waals surface area contributed by atoms with Crippen LogP contribution >= 0.6 is 0 Å². The summed E-state index contributed by atoms with van der Waals surface area (Å²) in [6.07, 6.45) is -6.06. The predicted octanol–water partition coefficient (Wildman–Crippen LogP) is -1.42. The molecule has 4 N–H and O–H groups in total. The molecule has 0 aliphatic carbocycles. The minimum Gasteiger partial charge on any atom is -0.381 e. The first-order valence-electron chi connectivity index (χ1n) is 7.87. The van der Waals surface area contributed by atoms with Crippen LogP contribution in [0.3, 0.4) is 0 Å². The topological polar surface area (TPSA) is 264 Å². The standard InChI is InChI=1S/C10H22O17S4/c1-23-10(6-8(26-30(17,18)19)2-4-24-28(11,12)13)7-9(27-31(20,21)22)3-5-25-29(14,15)16/h8-10H,2-7H2,1H3,(H,11,12,13)(H,14,15,16)(H,17,18,19)(H,20,21,22). The molecule has 0 amide bonds. The van der Waals surface area contributed by atoms with E-state index in [-0.39, 0.29) is 0 Å². The molecule has 2 unspecified atom stereocenters. The third-order valence-electron chi connectivity index (χ3n) is 3.24. The lowest BCUT2D eigenvalue weighted by atomic mass is 10.0. The Hall–Kier alpha value is -0.560. The molecule has 0 saturated heterocycles. The fourth-order valence-electron chi connectivity index (χ4n) is 2.20. The van der Waals surface area contributed by atoms with E-state index < -0.39 is 98.8 Å². The number of hydrogen-bond acceptors (Lipinski definition) is 13. The Bertz CT molecular complexity index is 872.